The Kier molecular flexibility index (Phi) is 3.97. The van der Waals surface area contributed by atoms with Gasteiger partial charge in [-0.05, 0) is 44.4 Å². The van der Waals surface area contributed by atoms with E-state index in [2.05, 4.69) is 54.8 Å². The van der Waals surface area contributed by atoms with Gasteiger partial charge in [0.1, 0.15) is 0 Å². The molecule has 0 radical (unpaired) electrons. The Balaban J connectivity index is 2.06. The number of thioether (sulfide) groups is 1. The van der Waals surface area contributed by atoms with Crippen molar-refractivity contribution in [3.8, 4) is 0 Å². The molecule has 0 unspecified atom stereocenters. The molecule has 0 spiro atoms. The van der Waals surface area contributed by atoms with E-state index in [1.165, 1.54) is 16.2 Å². The lowest BCUT2D eigenvalue weighted by Crippen LogP contribution is -2.02. The first-order chi connectivity index (χ1) is 8.61. The lowest BCUT2D eigenvalue weighted by atomic mass is 10.2. The normalized spacial score (nSPS) is 10.7. The molecular weight excluding hydrogens is 242 g/mol. The number of aromatic nitrogens is 2. The largest absolute Gasteiger partial charge is 0.381 e. The van der Waals surface area contributed by atoms with Crippen molar-refractivity contribution in [1.29, 1.82) is 0 Å². The van der Waals surface area contributed by atoms with Crippen molar-refractivity contribution in [2.75, 3.05) is 11.6 Å². The monoisotopic (exact) mass is 261 g/mol. The van der Waals surface area contributed by atoms with Gasteiger partial charge >= 0.3 is 0 Å². The van der Waals surface area contributed by atoms with Gasteiger partial charge in [-0.3, -0.25) is 4.68 Å². The SMILES string of the molecule is CSc1ccc(NCc2c(C)nn(C)c2C)cc1. The summed E-state index contributed by atoms with van der Waals surface area (Å²) in [6.07, 6.45) is 2.09. The number of hydrogen-bond donors (Lipinski definition) is 1. The molecule has 2 rings (SSSR count). The summed E-state index contributed by atoms with van der Waals surface area (Å²) in [4.78, 5) is 1.29. The van der Waals surface area contributed by atoms with Crippen LogP contribution in [0.3, 0.4) is 0 Å². The number of nitrogens with one attached hydrogen (secondary N) is 1. The minimum absolute atomic E-state index is 0.824. The van der Waals surface area contributed by atoms with E-state index in [1.54, 1.807) is 11.8 Å². The molecule has 0 aliphatic rings. The third-order valence-electron chi connectivity index (χ3n) is 3.22. The fraction of sp³-hybridized carbons (Fsp3) is 0.357. The molecule has 1 N–H and O–H groups in total. The zero-order chi connectivity index (χ0) is 13.1. The molecular formula is C14H19N3S. The summed E-state index contributed by atoms with van der Waals surface area (Å²) in [6, 6.07) is 8.51. The Morgan fingerprint density at radius 2 is 1.89 bits per heavy atom. The van der Waals surface area contributed by atoms with Gasteiger partial charge in [-0.1, -0.05) is 0 Å². The van der Waals surface area contributed by atoms with E-state index in [0.717, 1.165) is 17.9 Å². The maximum absolute atomic E-state index is 4.42. The molecule has 3 nitrogen and oxygen atoms in total. The van der Waals surface area contributed by atoms with Crippen molar-refractivity contribution in [3.63, 3.8) is 0 Å². The maximum atomic E-state index is 4.42. The molecule has 2 aromatic rings. The van der Waals surface area contributed by atoms with Crippen LogP contribution < -0.4 is 5.32 Å². The second-order valence-corrected chi connectivity index (χ2v) is 5.23. The van der Waals surface area contributed by atoms with Crippen LogP contribution >= 0.6 is 11.8 Å². The number of anilines is 1. The van der Waals surface area contributed by atoms with Gasteiger partial charge in [-0.25, -0.2) is 0 Å². The number of benzene rings is 1. The Morgan fingerprint density at radius 3 is 2.39 bits per heavy atom. The third-order valence-corrected chi connectivity index (χ3v) is 3.96. The minimum Gasteiger partial charge on any atom is -0.381 e. The Bertz CT molecular complexity index is 529. The molecule has 1 aromatic carbocycles. The van der Waals surface area contributed by atoms with E-state index in [-0.39, 0.29) is 0 Å². The summed E-state index contributed by atoms with van der Waals surface area (Å²) < 4.78 is 1.93. The van der Waals surface area contributed by atoms with Crippen LogP contribution in [-0.4, -0.2) is 16.0 Å². The van der Waals surface area contributed by atoms with Crippen LogP contribution in [0.4, 0.5) is 5.69 Å². The zero-order valence-electron chi connectivity index (χ0n) is 11.3. The molecule has 0 amide bonds. The Morgan fingerprint density at radius 1 is 1.22 bits per heavy atom. The summed E-state index contributed by atoms with van der Waals surface area (Å²) in [7, 11) is 1.99. The molecule has 0 saturated heterocycles. The van der Waals surface area contributed by atoms with Gasteiger partial charge in [0, 0.05) is 35.4 Å². The molecule has 96 valence electrons. The van der Waals surface area contributed by atoms with Crippen molar-refractivity contribution < 1.29 is 0 Å². The number of aryl methyl sites for hydroxylation is 2. The average molecular weight is 261 g/mol. The van der Waals surface area contributed by atoms with E-state index in [1.807, 2.05) is 11.7 Å². The van der Waals surface area contributed by atoms with E-state index in [4.69, 9.17) is 0 Å². The van der Waals surface area contributed by atoms with Crippen LogP contribution in [0, 0.1) is 13.8 Å². The van der Waals surface area contributed by atoms with Crippen molar-refractivity contribution in [2.24, 2.45) is 7.05 Å². The summed E-state index contributed by atoms with van der Waals surface area (Å²) in [5, 5.41) is 7.87. The summed E-state index contributed by atoms with van der Waals surface area (Å²) >= 11 is 1.76. The highest BCUT2D eigenvalue weighted by Crippen LogP contribution is 2.19. The molecule has 0 atom stereocenters. The van der Waals surface area contributed by atoms with Gasteiger partial charge in [0.05, 0.1) is 5.69 Å². The average Bonchev–Trinajstić information content (AvgIpc) is 2.62. The first kappa shape index (κ1) is 13.0. The summed E-state index contributed by atoms with van der Waals surface area (Å²) in [5.41, 5.74) is 4.76. The van der Waals surface area contributed by atoms with Crippen molar-refractivity contribution in [2.45, 2.75) is 25.3 Å². The highest BCUT2D eigenvalue weighted by Gasteiger charge is 2.08. The van der Waals surface area contributed by atoms with Gasteiger partial charge < -0.3 is 5.32 Å². The van der Waals surface area contributed by atoms with Crippen molar-refractivity contribution >= 4 is 17.4 Å². The first-order valence-electron chi connectivity index (χ1n) is 5.99. The van der Waals surface area contributed by atoms with Crippen LogP contribution in [0.25, 0.3) is 0 Å². The minimum atomic E-state index is 0.824. The van der Waals surface area contributed by atoms with Crippen LogP contribution in [0.2, 0.25) is 0 Å². The van der Waals surface area contributed by atoms with E-state index in [9.17, 15) is 0 Å². The van der Waals surface area contributed by atoms with Gasteiger partial charge in [0.2, 0.25) is 0 Å². The second-order valence-electron chi connectivity index (χ2n) is 4.36. The maximum Gasteiger partial charge on any atom is 0.0646 e. The summed E-state index contributed by atoms with van der Waals surface area (Å²) in [6.45, 7) is 4.98. The predicted molar refractivity (Wildman–Crippen MR) is 78.2 cm³/mol. The number of hydrogen-bond acceptors (Lipinski definition) is 3. The lowest BCUT2D eigenvalue weighted by Gasteiger charge is -2.07. The number of nitrogens with zero attached hydrogens (tertiary/aromatic N) is 2. The van der Waals surface area contributed by atoms with Crippen molar-refractivity contribution in [3.05, 3.63) is 41.2 Å². The molecule has 1 aromatic heterocycles. The Labute approximate surface area is 113 Å². The van der Waals surface area contributed by atoms with Crippen LogP contribution in [0.1, 0.15) is 17.0 Å². The molecule has 0 aliphatic carbocycles. The summed E-state index contributed by atoms with van der Waals surface area (Å²) in [5.74, 6) is 0. The lowest BCUT2D eigenvalue weighted by molar-refractivity contribution is 0.730. The molecule has 1 heterocycles. The zero-order valence-corrected chi connectivity index (χ0v) is 12.1. The predicted octanol–water partition coefficient (Wildman–Crippen LogP) is 3.37. The topological polar surface area (TPSA) is 29.9 Å². The fourth-order valence-electron chi connectivity index (χ4n) is 1.97. The van der Waals surface area contributed by atoms with Crippen LogP contribution in [0.15, 0.2) is 29.2 Å². The Hall–Kier alpha value is -1.42. The quantitative estimate of drug-likeness (QED) is 0.856. The second kappa shape index (κ2) is 5.48. The van der Waals surface area contributed by atoms with Crippen LogP contribution in [0.5, 0.6) is 0 Å². The number of rotatable bonds is 4. The van der Waals surface area contributed by atoms with Gasteiger partial charge in [-0.15, -0.1) is 11.8 Å². The highest BCUT2D eigenvalue weighted by atomic mass is 32.2. The van der Waals surface area contributed by atoms with E-state index < -0.39 is 0 Å². The molecule has 0 saturated carbocycles. The first-order valence-corrected chi connectivity index (χ1v) is 7.21. The third kappa shape index (κ3) is 2.70. The highest BCUT2D eigenvalue weighted by molar-refractivity contribution is 7.98. The molecule has 0 bridgehead atoms. The van der Waals surface area contributed by atoms with Gasteiger partial charge in [0.15, 0.2) is 0 Å². The van der Waals surface area contributed by atoms with Crippen LogP contribution in [-0.2, 0) is 13.6 Å². The van der Waals surface area contributed by atoms with E-state index >= 15 is 0 Å². The van der Waals surface area contributed by atoms with Gasteiger partial charge in [-0.2, -0.15) is 5.10 Å². The van der Waals surface area contributed by atoms with Crippen molar-refractivity contribution in [1.82, 2.24) is 9.78 Å². The van der Waals surface area contributed by atoms with E-state index in [0.29, 0.717) is 0 Å². The molecule has 18 heavy (non-hydrogen) atoms. The standard InChI is InChI=1S/C14H19N3S/c1-10-14(11(2)17(3)16-10)9-15-12-5-7-13(18-4)8-6-12/h5-8,15H,9H2,1-4H3. The van der Waals surface area contributed by atoms with Gasteiger partial charge in [0.25, 0.3) is 0 Å². The molecule has 0 aliphatic heterocycles. The molecule has 0 fully saturated rings. The smallest absolute Gasteiger partial charge is 0.0646 e. The fourth-order valence-corrected chi connectivity index (χ4v) is 2.38. The molecule has 4 heteroatoms.